The molecular formula is C14H6Cl6O6. The Labute approximate surface area is 176 Å². The van der Waals surface area contributed by atoms with Crippen molar-refractivity contribution >= 4 is 81.5 Å². The first-order chi connectivity index (χ1) is 12.2. The van der Waals surface area contributed by atoms with Crippen molar-refractivity contribution in [2.24, 2.45) is 0 Å². The largest absolute Gasteiger partial charge is 0.423 e. The van der Waals surface area contributed by atoms with Gasteiger partial charge in [0.25, 0.3) is 0 Å². The minimum Gasteiger partial charge on any atom is -0.415 e. The lowest BCUT2D eigenvalue weighted by Gasteiger charge is -2.10. The van der Waals surface area contributed by atoms with Crippen molar-refractivity contribution in [1.29, 1.82) is 0 Å². The third kappa shape index (κ3) is 6.04. The summed E-state index contributed by atoms with van der Waals surface area (Å²) in [6.45, 7) is 0. The van der Waals surface area contributed by atoms with Gasteiger partial charge in [-0.3, -0.25) is 10.5 Å². The molecule has 0 atom stereocenters. The topological polar surface area (TPSA) is 93.1 Å². The van der Waals surface area contributed by atoms with Crippen molar-refractivity contribution in [2.45, 2.75) is 0 Å². The zero-order valence-electron chi connectivity index (χ0n) is 12.1. The molecule has 0 heterocycles. The number of esters is 2. The van der Waals surface area contributed by atoms with Gasteiger partial charge in [0.15, 0.2) is 11.5 Å². The Morgan fingerprint density at radius 1 is 0.615 bits per heavy atom. The van der Waals surface area contributed by atoms with Gasteiger partial charge in [0.1, 0.15) is 0 Å². The third-order valence-electron chi connectivity index (χ3n) is 2.48. The van der Waals surface area contributed by atoms with Crippen molar-refractivity contribution in [3.63, 3.8) is 0 Å². The van der Waals surface area contributed by atoms with E-state index in [9.17, 15) is 9.59 Å². The normalized spacial score (nSPS) is 9.85. The predicted molar refractivity (Wildman–Crippen MR) is 99.5 cm³/mol. The molecule has 2 aromatic rings. The highest BCUT2D eigenvalue weighted by Crippen LogP contribution is 2.37. The summed E-state index contributed by atoms with van der Waals surface area (Å²) in [5.41, 5.74) is 0. The summed E-state index contributed by atoms with van der Waals surface area (Å²) in [4.78, 5) is 23.7. The van der Waals surface area contributed by atoms with Crippen LogP contribution in [0, 0.1) is 0 Å². The molecule has 0 unspecified atom stereocenters. The van der Waals surface area contributed by atoms with E-state index in [0.29, 0.717) is 0 Å². The number of rotatable bonds is 2. The lowest BCUT2D eigenvalue weighted by atomic mass is 10.3. The highest BCUT2D eigenvalue weighted by atomic mass is 35.5. The number of halogens is 6. The Balaban J connectivity index is 0.00000163. The smallest absolute Gasteiger partial charge is 0.415 e. The number of ether oxygens (including phenoxy) is 2. The van der Waals surface area contributed by atoms with E-state index in [1.165, 1.54) is 24.3 Å². The quantitative estimate of drug-likeness (QED) is 0.176. The summed E-state index contributed by atoms with van der Waals surface area (Å²) in [5.74, 6) is -3.25. The Bertz CT molecular complexity index is 725. The van der Waals surface area contributed by atoms with E-state index in [2.05, 4.69) is 0 Å². The van der Waals surface area contributed by atoms with Gasteiger partial charge in [0.2, 0.25) is 0 Å². The Morgan fingerprint density at radius 2 is 0.846 bits per heavy atom. The van der Waals surface area contributed by atoms with E-state index in [1.807, 2.05) is 0 Å². The maximum absolute atomic E-state index is 11.8. The number of hydrogen-bond acceptors (Lipinski definition) is 6. The molecule has 0 spiro atoms. The predicted octanol–water partition coefficient (Wildman–Crippen LogP) is 6.14. The van der Waals surface area contributed by atoms with Crippen molar-refractivity contribution in [1.82, 2.24) is 0 Å². The maximum atomic E-state index is 11.8. The lowest BCUT2D eigenvalue weighted by Crippen LogP contribution is -2.26. The molecule has 12 heteroatoms. The SMILES string of the molecule is O=C(Oc1c(Cl)cc(Cl)cc1Cl)C(=O)Oc1c(Cl)cc(Cl)cc1Cl.OO. The van der Waals surface area contributed by atoms with Gasteiger partial charge in [-0.15, -0.1) is 0 Å². The van der Waals surface area contributed by atoms with Crippen LogP contribution in [-0.4, -0.2) is 22.5 Å². The summed E-state index contributed by atoms with van der Waals surface area (Å²) in [7, 11) is 0. The summed E-state index contributed by atoms with van der Waals surface area (Å²) >= 11 is 34.9. The van der Waals surface area contributed by atoms with Crippen LogP contribution in [0.2, 0.25) is 30.1 Å². The molecule has 2 rings (SSSR count). The van der Waals surface area contributed by atoms with Crippen LogP contribution in [0.3, 0.4) is 0 Å². The summed E-state index contributed by atoms with van der Waals surface area (Å²) in [6, 6.07) is 5.15. The molecule has 0 radical (unpaired) electrons. The molecule has 2 N–H and O–H groups in total. The Hall–Kier alpha value is -0.960. The van der Waals surface area contributed by atoms with E-state index in [1.54, 1.807) is 0 Å². The molecule has 0 aliphatic rings. The first-order valence-corrected chi connectivity index (χ1v) is 8.39. The molecule has 6 nitrogen and oxygen atoms in total. The minimum atomic E-state index is -1.39. The molecule has 0 saturated heterocycles. The molecule has 140 valence electrons. The van der Waals surface area contributed by atoms with Crippen LogP contribution in [0.5, 0.6) is 11.5 Å². The highest BCUT2D eigenvalue weighted by molar-refractivity contribution is 6.42. The van der Waals surface area contributed by atoms with Gasteiger partial charge in [-0.2, -0.15) is 0 Å². The van der Waals surface area contributed by atoms with Gasteiger partial charge < -0.3 is 9.47 Å². The molecule has 0 bridgehead atoms. The van der Waals surface area contributed by atoms with E-state index in [4.69, 9.17) is 89.6 Å². The molecule has 0 saturated carbocycles. The van der Waals surface area contributed by atoms with E-state index >= 15 is 0 Å². The average molecular weight is 483 g/mol. The van der Waals surface area contributed by atoms with Crippen LogP contribution in [0.25, 0.3) is 0 Å². The summed E-state index contributed by atoms with van der Waals surface area (Å²) in [6.07, 6.45) is 0. The van der Waals surface area contributed by atoms with Crippen LogP contribution >= 0.6 is 69.6 Å². The fraction of sp³-hybridized carbons (Fsp3) is 0. The minimum absolute atomic E-state index is 0.0591. The zero-order chi connectivity index (χ0) is 20.0. The fourth-order valence-corrected chi connectivity index (χ4v) is 3.31. The number of carbonyl (C=O) groups is 2. The van der Waals surface area contributed by atoms with E-state index < -0.39 is 11.9 Å². The van der Waals surface area contributed by atoms with Gasteiger partial charge in [-0.25, -0.2) is 9.59 Å². The second kappa shape index (κ2) is 10.4. The molecule has 2 aromatic carbocycles. The molecular weight excluding hydrogens is 477 g/mol. The van der Waals surface area contributed by atoms with Gasteiger partial charge >= 0.3 is 11.9 Å². The summed E-state index contributed by atoms with van der Waals surface area (Å²) in [5, 5.41) is 12.2. The van der Waals surface area contributed by atoms with Crippen LogP contribution < -0.4 is 9.47 Å². The van der Waals surface area contributed by atoms with Gasteiger partial charge in [-0.05, 0) is 24.3 Å². The first kappa shape index (κ1) is 23.1. The Kier molecular flexibility index (Phi) is 9.23. The van der Waals surface area contributed by atoms with Crippen molar-refractivity contribution < 1.29 is 29.6 Å². The number of carbonyl (C=O) groups excluding carboxylic acids is 2. The summed E-state index contributed by atoms with van der Waals surface area (Å²) < 4.78 is 9.64. The molecule has 0 fully saturated rings. The third-order valence-corrected chi connectivity index (χ3v) is 4.04. The highest BCUT2D eigenvalue weighted by Gasteiger charge is 2.24. The van der Waals surface area contributed by atoms with Crippen molar-refractivity contribution in [3.05, 3.63) is 54.4 Å². The zero-order valence-corrected chi connectivity index (χ0v) is 16.6. The number of benzene rings is 2. The molecule has 0 aliphatic carbocycles. The second-order valence-corrected chi connectivity index (χ2v) is 6.68. The monoisotopic (exact) mass is 480 g/mol. The maximum Gasteiger partial charge on any atom is 0.423 e. The van der Waals surface area contributed by atoms with Crippen molar-refractivity contribution in [3.8, 4) is 11.5 Å². The van der Waals surface area contributed by atoms with Gasteiger partial charge in [-0.1, -0.05) is 69.6 Å². The fourth-order valence-electron chi connectivity index (χ4n) is 1.52. The second-order valence-electron chi connectivity index (χ2n) is 4.18. The average Bonchev–Trinajstić information content (AvgIpc) is 2.55. The van der Waals surface area contributed by atoms with Crippen LogP contribution in [0.1, 0.15) is 0 Å². The Morgan fingerprint density at radius 3 is 1.08 bits per heavy atom. The van der Waals surface area contributed by atoms with E-state index in [-0.39, 0.29) is 41.6 Å². The van der Waals surface area contributed by atoms with Crippen LogP contribution in [-0.2, 0) is 9.59 Å². The molecule has 0 aromatic heterocycles. The standard InChI is InChI=1S/C14H4Cl6O4.H2O2/c15-5-1-7(17)11(8(18)2-5)23-13(21)14(22)24-12-9(19)3-6(16)4-10(12)20;1-2/h1-4H;1-2H. The molecule has 0 aliphatic heterocycles. The first-order valence-electron chi connectivity index (χ1n) is 6.12. The molecule has 26 heavy (non-hydrogen) atoms. The van der Waals surface area contributed by atoms with Gasteiger partial charge in [0, 0.05) is 10.0 Å². The van der Waals surface area contributed by atoms with Gasteiger partial charge in [0.05, 0.1) is 20.1 Å². The van der Waals surface area contributed by atoms with Crippen LogP contribution in [0.15, 0.2) is 24.3 Å². The number of hydrogen-bond donors (Lipinski definition) is 2. The molecule has 0 amide bonds. The van der Waals surface area contributed by atoms with Crippen LogP contribution in [0.4, 0.5) is 0 Å². The van der Waals surface area contributed by atoms with E-state index in [0.717, 1.165) is 0 Å². The lowest BCUT2D eigenvalue weighted by molar-refractivity contribution is -0.176. The van der Waals surface area contributed by atoms with Crippen molar-refractivity contribution in [2.75, 3.05) is 0 Å².